The molecule has 1 aliphatic heterocycles. The molecule has 29 heavy (non-hydrogen) atoms. The Kier molecular flexibility index (Phi) is 6.83. The van der Waals surface area contributed by atoms with Crippen LogP contribution in [-0.4, -0.2) is 41.5 Å². The second kappa shape index (κ2) is 9.72. The van der Waals surface area contributed by atoms with Crippen molar-refractivity contribution in [2.75, 3.05) is 35.8 Å². The lowest BCUT2D eigenvalue weighted by atomic mass is 9.97. The maximum absolute atomic E-state index is 12.1. The maximum atomic E-state index is 12.1. The minimum absolute atomic E-state index is 0.0934. The average Bonchev–Trinajstić information content (AvgIpc) is 2.74. The zero-order valence-electron chi connectivity index (χ0n) is 16.4. The number of esters is 1. The number of benzene rings is 1. The summed E-state index contributed by atoms with van der Waals surface area (Å²) in [6, 6.07) is 9.44. The van der Waals surface area contributed by atoms with E-state index >= 15 is 0 Å². The Morgan fingerprint density at radius 2 is 1.93 bits per heavy atom. The molecule has 9 nitrogen and oxygen atoms in total. The number of hydrazine groups is 1. The molecule has 1 aliphatic rings. The standard InChI is InChI=1S/C20H26N6O3/c1-2-29-20(28)15-8-10-26(11-9-15)19-17(21)18(22-13-23-19)25-24-16(27)12-14-6-4-3-5-7-14/h3-7,13,15H,2,8-12,21H2,1H3,(H,24,27)(H,22,23,25). The van der Waals surface area contributed by atoms with Crippen molar-refractivity contribution in [3.63, 3.8) is 0 Å². The van der Waals surface area contributed by atoms with Crippen LogP contribution in [0.2, 0.25) is 0 Å². The molecule has 1 aromatic heterocycles. The van der Waals surface area contributed by atoms with E-state index in [4.69, 9.17) is 10.5 Å². The van der Waals surface area contributed by atoms with Crippen LogP contribution in [0.5, 0.6) is 0 Å². The first-order valence-electron chi connectivity index (χ1n) is 9.69. The Balaban J connectivity index is 1.57. The van der Waals surface area contributed by atoms with E-state index < -0.39 is 0 Å². The summed E-state index contributed by atoms with van der Waals surface area (Å²) in [4.78, 5) is 34.4. The topological polar surface area (TPSA) is 122 Å². The van der Waals surface area contributed by atoms with Crippen molar-refractivity contribution in [1.82, 2.24) is 15.4 Å². The van der Waals surface area contributed by atoms with Gasteiger partial charge in [-0.05, 0) is 25.3 Å². The Morgan fingerprint density at radius 1 is 1.21 bits per heavy atom. The van der Waals surface area contributed by atoms with Gasteiger partial charge < -0.3 is 15.4 Å². The molecule has 0 radical (unpaired) electrons. The molecule has 0 unspecified atom stereocenters. The number of carbonyl (C=O) groups is 2. The van der Waals surface area contributed by atoms with Crippen LogP contribution >= 0.6 is 0 Å². The molecule has 1 saturated heterocycles. The molecule has 0 saturated carbocycles. The number of amides is 1. The largest absolute Gasteiger partial charge is 0.466 e. The number of nitrogens with one attached hydrogen (secondary N) is 2. The van der Waals surface area contributed by atoms with Gasteiger partial charge in [-0.3, -0.25) is 20.4 Å². The van der Waals surface area contributed by atoms with Crippen molar-refractivity contribution in [1.29, 1.82) is 0 Å². The molecule has 1 amide bonds. The molecule has 9 heteroatoms. The van der Waals surface area contributed by atoms with Gasteiger partial charge in [0.05, 0.1) is 18.9 Å². The molecule has 0 atom stereocenters. The van der Waals surface area contributed by atoms with Gasteiger partial charge in [0.25, 0.3) is 0 Å². The summed E-state index contributed by atoms with van der Waals surface area (Å²) in [5, 5.41) is 0. The fourth-order valence-corrected chi connectivity index (χ4v) is 3.28. The van der Waals surface area contributed by atoms with Crippen LogP contribution < -0.4 is 21.5 Å². The van der Waals surface area contributed by atoms with Gasteiger partial charge in [0.1, 0.15) is 12.0 Å². The number of nitrogens with zero attached hydrogens (tertiary/aromatic N) is 3. The lowest BCUT2D eigenvalue weighted by molar-refractivity contribution is -0.148. The number of carbonyl (C=O) groups excluding carboxylic acids is 2. The van der Waals surface area contributed by atoms with E-state index in [1.165, 1.54) is 6.33 Å². The van der Waals surface area contributed by atoms with E-state index in [1.54, 1.807) is 0 Å². The quantitative estimate of drug-likeness (QED) is 0.474. The van der Waals surface area contributed by atoms with Crippen molar-refractivity contribution in [2.24, 2.45) is 5.92 Å². The van der Waals surface area contributed by atoms with E-state index in [0.717, 1.165) is 5.56 Å². The van der Waals surface area contributed by atoms with E-state index in [0.29, 0.717) is 49.9 Å². The zero-order valence-corrected chi connectivity index (χ0v) is 16.4. The van der Waals surface area contributed by atoms with Crippen molar-refractivity contribution in [3.05, 3.63) is 42.2 Å². The van der Waals surface area contributed by atoms with E-state index in [-0.39, 0.29) is 24.2 Å². The number of rotatable bonds is 7. The minimum atomic E-state index is -0.203. The highest BCUT2D eigenvalue weighted by atomic mass is 16.5. The number of piperidine rings is 1. The van der Waals surface area contributed by atoms with Crippen LogP contribution in [0.3, 0.4) is 0 Å². The summed E-state index contributed by atoms with van der Waals surface area (Å²) in [5.41, 5.74) is 12.9. The fourth-order valence-electron chi connectivity index (χ4n) is 3.28. The highest BCUT2D eigenvalue weighted by molar-refractivity contribution is 5.82. The molecule has 154 valence electrons. The summed E-state index contributed by atoms with van der Waals surface area (Å²) in [6.45, 7) is 3.49. The summed E-state index contributed by atoms with van der Waals surface area (Å²) in [5.74, 6) is 0.479. The summed E-state index contributed by atoms with van der Waals surface area (Å²) in [6.07, 6.45) is 3.00. The third-order valence-electron chi connectivity index (χ3n) is 4.81. The SMILES string of the molecule is CCOC(=O)C1CCN(c2ncnc(NNC(=O)Cc3ccccc3)c2N)CC1. The number of hydrogen-bond donors (Lipinski definition) is 3. The van der Waals surface area contributed by atoms with Crippen LogP contribution in [0.25, 0.3) is 0 Å². The number of nitrogens with two attached hydrogens (primary N) is 1. The van der Waals surface area contributed by atoms with Gasteiger partial charge in [0.15, 0.2) is 11.6 Å². The first kappa shape index (κ1) is 20.4. The smallest absolute Gasteiger partial charge is 0.309 e. The number of hydrogen-bond acceptors (Lipinski definition) is 8. The second-order valence-corrected chi connectivity index (χ2v) is 6.81. The number of nitrogen functional groups attached to an aromatic ring is 1. The van der Waals surface area contributed by atoms with Crippen molar-refractivity contribution < 1.29 is 14.3 Å². The molecule has 3 rings (SSSR count). The molecule has 1 fully saturated rings. The highest BCUT2D eigenvalue weighted by Crippen LogP contribution is 2.29. The molecule has 4 N–H and O–H groups in total. The molecular formula is C20H26N6O3. The van der Waals surface area contributed by atoms with Gasteiger partial charge in [0.2, 0.25) is 5.91 Å². The third-order valence-corrected chi connectivity index (χ3v) is 4.81. The lowest BCUT2D eigenvalue weighted by Crippen LogP contribution is -2.38. The summed E-state index contributed by atoms with van der Waals surface area (Å²) < 4.78 is 5.10. The monoisotopic (exact) mass is 398 g/mol. The van der Waals surface area contributed by atoms with Gasteiger partial charge in [-0.25, -0.2) is 9.97 Å². The Labute approximate surface area is 169 Å². The van der Waals surface area contributed by atoms with E-state index in [1.807, 2.05) is 42.2 Å². The zero-order chi connectivity index (χ0) is 20.6. The van der Waals surface area contributed by atoms with Gasteiger partial charge in [-0.1, -0.05) is 30.3 Å². The van der Waals surface area contributed by atoms with Crippen LogP contribution in [0.15, 0.2) is 36.7 Å². The maximum Gasteiger partial charge on any atom is 0.309 e. The Bertz CT molecular complexity index is 837. The highest BCUT2D eigenvalue weighted by Gasteiger charge is 2.28. The first-order valence-corrected chi connectivity index (χ1v) is 9.69. The van der Waals surface area contributed by atoms with Crippen LogP contribution in [0.1, 0.15) is 25.3 Å². The molecular weight excluding hydrogens is 372 g/mol. The third kappa shape index (κ3) is 5.34. The number of anilines is 3. The van der Waals surface area contributed by atoms with Crippen LogP contribution in [0.4, 0.5) is 17.3 Å². The predicted molar refractivity (Wildman–Crippen MR) is 110 cm³/mol. The predicted octanol–water partition coefficient (Wildman–Crippen LogP) is 1.52. The van der Waals surface area contributed by atoms with E-state index in [9.17, 15) is 9.59 Å². The Hall–Kier alpha value is -3.36. The average molecular weight is 398 g/mol. The number of ether oxygens (including phenoxy) is 1. The van der Waals surface area contributed by atoms with Gasteiger partial charge in [0, 0.05) is 13.1 Å². The summed E-state index contributed by atoms with van der Waals surface area (Å²) in [7, 11) is 0. The first-order chi connectivity index (χ1) is 14.1. The van der Waals surface area contributed by atoms with E-state index in [2.05, 4.69) is 20.8 Å². The molecule has 0 spiro atoms. The van der Waals surface area contributed by atoms with Gasteiger partial charge >= 0.3 is 5.97 Å². The molecule has 2 aromatic rings. The number of aromatic nitrogens is 2. The molecule has 0 aliphatic carbocycles. The van der Waals surface area contributed by atoms with Crippen molar-refractivity contribution in [3.8, 4) is 0 Å². The second-order valence-electron chi connectivity index (χ2n) is 6.81. The minimum Gasteiger partial charge on any atom is -0.466 e. The Morgan fingerprint density at radius 3 is 2.62 bits per heavy atom. The van der Waals surface area contributed by atoms with Crippen LogP contribution in [-0.2, 0) is 20.7 Å². The van der Waals surface area contributed by atoms with Crippen LogP contribution in [0, 0.1) is 5.92 Å². The van der Waals surface area contributed by atoms with Crippen molar-refractivity contribution in [2.45, 2.75) is 26.2 Å². The van der Waals surface area contributed by atoms with Gasteiger partial charge in [-0.15, -0.1) is 0 Å². The molecule has 1 aromatic carbocycles. The normalized spacial score (nSPS) is 14.3. The molecule has 0 bridgehead atoms. The lowest BCUT2D eigenvalue weighted by Gasteiger charge is -2.32. The molecule has 2 heterocycles. The van der Waals surface area contributed by atoms with Gasteiger partial charge in [-0.2, -0.15) is 0 Å². The fraction of sp³-hybridized carbons (Fsp3) is 0.400. The van der Waals surface area contributed by atoms with Crippen molar-refractivity contribution >= 4 is 29.2 Å². The summed E-state index contributed by atoms with van der Waals surface area (Å²) >= 11 is 0.